The van der Waals surface area contributed by atoms with Gasteiger partial charge in [-0.05, 0) is 43.2 Å². The maximum Gasteiger partial charge on any atom is 0.404 e. The molecular weight excluding hydrogens is 436 g/mol. The molecule has 0 heterocycles. The Hall–Kier alpha value is -2.95. The Bertz CT molecular complexity index is 981. The topological polar surface area (TPSA) is 133 Å². The first-order valence-electron chi connectivity index (χ1n) is 10.00. The number of aliphatic hydroxyl groups is 1. The van der Waals surface area contributed by atoms with Crippen LogP contribution in [0.15, 0.2) is 59.5 Å². The van der Waals surface area contributed by atoms with E-state index in [0.717, 1.165) is 9.87 Å². The van der Waals surface area contributed by atoms with Crippen molar-refractivity contribution >= 4 is 22.4 Å². The number of nitrogens with zero attached hydrogens (tertiary/aromatic N) is 1. The minimum atomic E-state index is -4.09. The molecular formula is C22H28N2O7S. The van der Waals surface area contributed by atoms with E-state index < -0.39 is 40.8 Å². The molecule has 2 rings (SSSR count). The van der Waals surface area contributed by atoms with Gasteiger partial charge in [0.05, 0.1) is 24.2 Å². The van der Waals surface area contributed by atoms with Gasteiger partial charge >= 0.3 is 6.09 Å². The fourth-order valence-electron chi connectivity index (χ4n) is 3.28. The molecule has 0 spiro atoms. The Balaban J connectivity index is 2.33. The number of aliphatic hydroxyl groups excluding tert-OH is 1. The summed E-state index contributed by atoms with van der Waals surface area (Å²) in [6.45, 7) is 1.15. The fourth-order valence-corrected chi connectivity index (χ4v) is 4.94. The number of nitrogens with one attached hydrogen (secondary N) is 1. The van der Waals surface area contributed by atoms with Crippen molar-refractivity contribution in [3.63, 3.8) is 0 Å². The van der Waals surface area contributed by atoms with Crippen LogP contribution in [0.5, 0.6) is 5.75 Å². The average Bonchev–Trinajstić information content (AvgIpc) is 2.77. The third kappa shape index (κ3) is 6.78. The number of rotatable bonds is 12. The Labute approximate surface area is 187 Å². The molecule has 174 valence electrons. The van der Waals surface area contributed by atoms with Crippen LogP contribution in [0.4, 0.5) is 4.79 Å². The summed E-state index contributed by atoms with van der Waals surface area (Å²) < 4.78 is 32.7. The molecule has 2 aromatic rings. The number of benzene rings is 2. The largest absolute Gasteiger partial charge is 0.497 e. The SMILES string of the molecule is COc1ccc(S(=O)(=O)N(C[C@H](O)[C@H](Cc2ccccc2)NC(=O)O)C(C)CC=O)cc1. The van der Waals surface area contributed by atoms with Crippen molar-refractivity contribution < 1.29 is 33.0 Å². The third-order valence-corrected chi connectivity index (χ3v) is 7.03. The normalized spacial score (nSPS) is 14.4. The summed E-state index contributed by atoms with van der Waals surface area (Å²) in [6, 6.07) is 13.0. The van der Waals surface area contributed by atoms with Gasteiger partial charge in [0.2, 0.25) is 10.0 Å². The van der Waals surface area contributed by atoms with E-state index in [0.29, 0.717) is 12.0 Å². The summed E-state index contributed by atoms with van der Waals surface area (Å²) in [7, 11) is -2.63. The van der Waals surface area contributed by atoms with Gasteiger partial charge in [-0.15, -0.1) is 0 Å². The van der Waals surface area contributed by atoms with Crippen LogP contribution in [0.2, 0.25) is 0 Å². The van der Waals surface area contributed by atoms with Crippen LogP contribution in [-0.2, 0) is 21.2 Å². The minimum absolute atomic E-state index is 0.0333. The van der Waals surface area contributed by atoms with Gasteiger partial charge in [-0.25, -0.2) is 13.2 Å². The predicted molar refractivity (Wildman–Crippen MR) is 118 cm³/mol. The molecule has 0 saturated heterocycles. The highest BCUT2D eigenvalue weighted by Gasteiger charge is 2.33. The monoisotopic (exact) mass is 464 g/mol. The summed E-state index contributed by atoms with van der Waals surface area (Å²) in [5.74, 6) is 0.477. The second kappa shape index (κ2) is 11.6. The van der Waals surface area contributed by atoms with E-state index in [1.54, 1.807) is 31.2 Å². The predicted octanol–water partition coefficient (Wildman–Crippen LogP) is 1.90. The maximum absolute atomic E-state index is 13.3. The molecule has 3 N–H and O–H groups in total. The molecule has 0 saturated carbocycles. The number of hydrogen-bond acceptors (Lipinski definition) is 6. The van der Waals surface area contributed by atoms with Gasteiger partial charge < -0.3 is 25.1 Å². The molecule has 0 aliphatic heterocycles. The van der Waals surface area contributed by atoms with E-state index >= 15 is 0 Å². The fraction of sp³-hybridized carbons (Fsp3) is 0.364. The molecule has 0 fully saturated rings. The zero-order valence-electron chi connectivity index (χ0n) is 17.9. The van der Waals surface area contributed by atoms with Gasteiger partial charge in [-0.2, -0.15) is 4.31 Å². The molecule has 0 radical (unpaired) electrons. The highest BCUT2D eigenvalue weighted by atomic mass is 32.2. The summed E-state index contributed by atoms with van der Waals surface area (Å²) >= 11 is 0. The van der Waals surface area contributed by atoms with E-state index in [1.807, 2.05) is 6.07 Å². The van der Waals surface area contributed by atoms with Crippen molar-refractivity contribution in [1.82, 2.24) is 9.62 Å². The second-order valence-electron chi connectivity index (χ2n) is 7.31. The first-order chi connectivity index (χ1) is 15.2. The highest BCUT2D eigenvalue weighted by molar-refractivity contribution is 7.89. The Morgan fingerprint density at radius 3 is 2.31 bits per heavy atom. The first-order valence-corrected chi connectivity index (χ1v) is 11.4. The van der Waals surface area contributed by atoms with E-state index in [-0.39, 0.29) is 17.7 Å². The second-order valence-corrected chi connectivity index (χ2v) is 9.21. The summed E-state index contributed by atoms with van der Waals surface area (Å²) in [5.41, 5.74) is 0.774. The van der Waals surface area contributed by atoms with Crippen LogP contribution in [0.1, 0.15) is 18.9 Å². The molecule has 0 aliphatic rings. The van der Waals surface area contributed by atoms with Crippen LogP contribution in [-0.4, -0.2) is 67.2 Å². The molecule has 1 unspecified atom stereocenters. The summed E-state index contributed by atoms with van der Waals surface area (Å²) in [5, 5.41) is 22.3. The van der Waals surface area contributed by atoms with Gasteiger partial charge in [0.1, 0.15) is 12.0 Å². The number of methoxy groups -OCH3 is 1. The molecule has 9 nitrogen and oxygen atoms in total. The lowest BCUT2D eigenvalue weighted by molar-refractivity contribution is -0.108. The van der Waals surface area contributed by atoms with E-state index in [9.17, 15) is 28.2 Å². The van der Waals surface area contributed by atoms with E-state index in [2.05, 4.69) is 5.32 Å². The summed E-state index contributed by atoms with van der Waals surface area (Å²) in [4.78, 5) is 22.3. The van der Waals surface area contributed by atoms with Crippen molar-refractivity contribution in [2.24, 2.45) is 0 Å². The van der Waals surface area contributed by atoms with Crippen LogP contribution in [0.3, 0.4) is 0 Å². The zero-order chi connectivity index (χ0) is 23.7. The summed E-state index contributed by atoms with van der Waals surface area (Å²) in [6.07, 6.45) is -2.03. The molecule has 1 amide bonds. The molecule has 3 atom stereocenters. The molecule has 2 aromatic carbocycles. The first kappa shape index (κ1) is 25.3. The smallest absolute Gasteiger partial charge is 0.404 e. The number of ether oxygens (including phenoxy) is 1. The molecule has 0 bridgehead atoms. The lowest BCUT2D eigenvalue weighted by Crippen LogP contribution is -2.52. The number of amides is 1. The number of carbonyl (C=O) groups is 2. The molecule has 32 heavy (non-hydrogen) atoms. The Morgan fingerprint density at radius 2 is 1.78 bits per heavy atom. The molecule has 10 heteroatoms. The van der Waals surface area contributed by atoms with Crippen LogP contribution < -0.4 is 10.1 Å². The van der Waals surface area contributed by atoms with Crippen molar-refractivity contribution in [3.8, 4) is 5.75 Å². The number of sulfonamides is 1. The van der Waals surface area contributed by atoms with Gasteiger partial charge in [-0.1, -0.05) is 30.3 Å². The Kier molecular flexibility index (Phi) is 9.18. The van der Waals surface area contributed by atoms with Crippen molar-refractivity contribution in [2.75, 3.05) is 13.7 Å². The van der Waals surface area contributed by atoms with Crippen molar-refractivity contribution in [3.05, 3.63) is 60.2 Å². The van der Waals surface area contributed by atoms with Crippen LogP contribution >= 0.6 is 0 Å². The van der Waals surface area contributed by atoms with Gasteiger partial charge in [0.25, 0.3) is 0 Å². The third-order valence-electron chi connectivity index (χ3n) is 5.03. The van der Waals surface area contributed by atoms with Crippen molar-refractivity contribution in [2.45, 2.75) is 42.8 Å². The molecule has 0 aliphatic carbocycles. The van der Waals surface area contributed by atoms with E-state index in [1.165, 1.54) is 31.4 Å². The standard InChI is InChI=1S/C22H28N2O7S/c1-16(12-13-25)24(32(29,30)19-10-8-18(31-2)9-11-19)15-21(26)20(23-22(27)28)14-17-6-4-3-5-7-17/h3-11,13,16,20-21,23,26H,12,14-15H2,1-2H3,(H,27,28)/t16?,20-,21-/m0/s1. The highest BCUT2D eigenvalue weighted by Crippen LogP contribution is 2.23. The lowest BCUT2D eigenvalue weighted by atomic mass is 10.0. The van der Waals surface area contributed by atoms with Crippen LogP contribution in [0, 0.1) is 0 Å². The quantitative estimate of drug-likeness (QED) is 0.409. The number of aldehydes is 1. The Morgan fingerprint density at radius 1 is 1.16 bits per heavy atom. The minimum Gasteiger partial charge on any atom is -0.497 e. The molecule has 0 aromatic heterocycles. The van der Waals surface area contributed by atoms with Gasteiger partial charge in [0.15, 0.2) is 0 Å². The lowest BCUT2D eigenvalue weighted by Gasteiger charge is -2.32. The number of hydrogen-bond donors (Lipinski definition) is 3. The maximum atomic E-state index is 13.3. The van der Waals surface area contributed by atoms with Gasteiger partial charge in [0, 0.05) is 19.0 Å². The average molecular weight is 465 g/mol. The van der Waals surface area contributed by atoms with Crippen LogP contribution in [0.25, 0.3) is 0 Å². The zero-order valence-corrected chi connectivity index (χ0v) is 18.7. The van der Waals surface area contributed by atoms with E-state index in [4.69, 9.17) is 4.74 Å². The van der Waals surface area contributed by atoms with Gasteiger partial charge in [-0.3, -0.25) is 0 Å². The number of carbonyl (C=O) groups excluding carboxylic acids is 1. The number of carboxylic acid groups (broad SMARTS) is 1. The van der Waals surface area contributed by atoms with Crippen molar-refractivity contribution in [1.29, 1.82) is 0 Å².